The van der Waals surface area contributed by atoms with Crippen LogP contribution in [-0.4, -0.2) is 30.6 Å². The quantitative estimate of drug-likeness (QED) is 0.773. The van der Waals surface area contributed by atoms with Crippen LogP contribution >= 0.6 is 0 Å². The van der Waals surface area contributed by atoms with E-state index in [1.807, 2.05) is 6.07 Å². The van der Waals surface area contributed by atoms with E-state index in [0.29, 0.717) is 6.04 Å². The van der Waals surface area contributed by atoms with E-state index < -0.39 is 0 Å². The van der Waals surface area contributed by atoms with Crippen molar-refractivity contribution in [1.82, 2.24) is 10.2 Å². The first-order chi connectivity index (χ1) is 9.33. The van der Waals surface area contributed by atoms with E-state index in [9.17, 15) is 0 Å². The number of benzene rings is 1. The van der Waals surface area contributed by atoms with Gasteiger partial charge in [0.05, 0.1) is 6.17 Å². The summed E-state index contributed by atoms with van der Waals surface area (Å²) in [6.45, 7) is 5.43. The fraction of sp³-hybridized carbons (Fsp3) is 0.625. The highest BCUT2D eigenvalue weighted by atomic mass is 15.3. The Morgan fingerprint density at radius 1 is 1.32 bits per heavy atom. The van der Waals surface area contributed by atoms with E-state index in [-0.39, 0.29) is 6.17 Å². The number of nitrogens with one attached hydrogen (secondary N) is 1. The third-order valence-corrected chi connectivity index (χ3v) is 4.04. The highest BCUT2D eigenvalue weighted by molar-refractivity contribution is 5.18. The van der Waals surface area contributed by atoms with E-state index in [1.54, 1.807) is 0 Å². The Labute approximate surface area is 117 Å². The molecule has 0 spiro atoms. The Balaban J connectivity index is 1.98. The van der Waals surface area contributed by atoms with Crippen molar-refractivity contribution >= 4 is 0 Å². The Morgan fingerprint density at radius 3 is 2.84 bits per heavy atom. The first kappa shape index (κ1) is 14.5. The van der Waals surface area contributed by atoms with Crippen molar-refractivity contribution in [2.24, 2.45) is 5.73 Å². The van der Waals surface area contributed by atoms with Crippen molar-refractivity contribution in [2.45, 2.75) is 44.8 Å². The van der Waals surface area contributed by atoms with Crippen LogP contribution in [0.2, 0.25) is 0 Å². The van der Waals surface area contributed by atoms with Crippen molar-refractivity contribution in [1.29, 1.82) is 0 Å². The molecule has 19 heavy (non-hydrogen) atoms. The maximum absolute atomic E-state index is 6.46. The SMILES string of the molecule is CCCCCC1CNCCN1C(N)c1ccccc1. The lowest BCUT2D eigenvalue weighted by Gasteiger charge is -2.40. The molecule has 0 bridgehead atoms. The molecule has 1 aromatic rings. The molecule has 1 fully saturated rings. The summed E-state index contributed by atoms with van der Waals surface area (Å²) < 4.78 is 0. The molecule has 2 atom stereocenters. The van der Waals surface area contributed by atoms with Gasteiger partial charge in [-0.15, -0.1) is 0 Å². The topological polar surface area (TPSA) is 41.3 Å². The van der Waals surface area contributed by atoms with Gasteiger partial charge in [-0.2, -0.15) is 0 Å². The molecule has 1 aliphatic rings. The van der Waals surface area contributed by atoms with Gasteiger partial charge in [0.25, 0.3) is 0 Å². The molecule has 3 heteroatoms. The number of rotatable bonds is 6. The lowest BCUT2D eigenvalue weighted by Crippen LogP contribution is -2.54. The second kappa shape index (κ2) is 7.63. The maximum atomic E-state index is 6.46. The fourth-order valence-electron chi connectivity index (χ4n) is 2.88. The standard InChI is InChI=1S/C16H27N3/c1-2-3-5-10-15-13-18-11-12-19(15)16(17)14-8-6-4-7-9-14/h4,6-9,15-16,18H,2-3,5,10-13,17H2,1H3. The predicted molar refractivity (Wildman–Crippen MR) is 80.9 cm³/mol. The molecule has 2 unspecified atom stereocenters. The third kappa shape index (κ3) is 4.03. The Morgan fingerprint density at radius 2 is 2.11 bits per heavy atom. The normalized spacial score (nSPS) is 22.3. The monoisotopic (exact) mass is 261 g/mol. The number of hydrogen-bond acceptors (Lipinski definition) is 3. The average Bonchev–Trinajstić information content (AvgIpc) is 2.48. The van der Waals surface area contributed by atoms with Gasteiger partial charge in [0.15, 0.2) is 0 Å². The molecule has 106 valence electrons. The zero-order chi connectivity index (χ0) is 13.5. The molecule has 1 aromatic carbocycles. The van der Waals surface area contributed by atoms with E-state index in [1.165, 1.54) is 31.2 Å². The highest BCUT2D eigenvalue weighted by Crippen LogP contribution is 2.21. The molecule has 3 N–H and O–H groups in total. The van der Waals surface area contributed by atoms with Crippen molar-refractivity contribution < 1.29 is 0 Å². The molecule has 2 rings (SSSR count). The first-order valence-electron chi connectivity index (χ1n) is 7.60. The number of piperazine rings is 1. The van der Waals surface area contributed by atoms with Gasteiger partial charge < -0.3 is 11.1 Å². The summed E-state index contributed by atoms with van der Waals surface area (Å²) in [4.78, 5) is 2.47. The molecule has 0 amide bonds. The molecule has 0 saturated carbocycles. The van der Waals surface area contributed by atoms with Crippen LogP contribution in [0.25, 0.3) is 0 Å². The second-order valence-corrected chi connectivity index (χ2v) is 5.45. The van der Waals surface area contributed by atoms with Gasteiger partial charge in [0.1, 0.15) is 0 Å². The Hall–Kier alpha value is -0.900. The molecule has 1 saturated heterocycles. The zero-order valence-corrected chi connectivity index (χ0v) is 12.0. The van der Waals surface area contributed by atoms with Crippen LogP contribution in [0.15, 0.2) is 30.3 Å². The van der Waals surface area contributed by atoms with Crippen LogP contribution in [0.3, 0.4) is 0 Å². The molecule has 3 nitrogen and oxygen atoms in total. The van der Waals surface area contributed by atoms with Crippen LogP contribution in [0.5, 0.6) is 0 Å². The van der Waals surface area contributed by atoms with Crippen LogP contribution in [0.4, 0.5) is 0 Å². The first-order valence-corrected chi connectivity index (χ1v) is 7.60. The van der Waals surface area contributed by atoms with Gasteiger partial charge in [0, 0.05) is 25.7 Å². The van der Waals surface area contributed by atoms with Crippen LogP contribution in [-0.2, 0) is 0 Å². The largest absolute Gasteiger partial charge is 0.314 e. The predicted octanol–water partition coefficient (Wildman–Crippen LogP) is 2.50. The van der Waals surface area contributed by atoms with Crippen LogP contribution in [0, 0.1) is 0 Å². The van der Waals surface area contributed by atoms with E-state index in [2.05, 4.69) is 41.4 Å². The summed E-state index contributed by atoms with van der Waals surface area (Å²) in [6.07, 6.45) is 5.20. The van der Waals surface area contributed by atoms with E-state index in [0.717, 1.165) is 19.6 Å². The van der Waals surface area contributed by atoms with Gasteiger partial charge >= 0.3 is 0 Å². The van der Waals surface area contributed by atoms with Gasteiger partial charge in [0.2, 0.25) is 0 Å². The second-order valence-electron chi connectivity index (χ2n) is 5.45. The summed E-state index contributed by atoms with van der Waals surface area (Å²) >= 11 is 0. The minimum Gasteiger partial charge on any atom is -0.314 e. The number of hydrogen-bond donors (Lipinski definition) is 2. The van der Waals surface area contributed by atoms with Crippen molar-refractivity contribution in [3.05, 3.63) is 35.9 Å². The van der Waals surface area contributed by atoms with Crippen LogP contribution < -0.4 is 11.1 Å². The number of unbranched alkanes of at least 4 members (excludes halogenated alkanes) is 2. The summed E-state index contributed by atoms with van der Waals surface area (Å²) in [7, 11) is 0. The smallest absolute Gasteiger partial charge is 0.0838 e. The Bertz CT molecular complexity index is 352. The highest BCUT2D eigenvalue weighted by Gasteiger charge is 2.26. The average molecular weight is 261 g/mol. The summed E-state index contributed by atoms with van der Waals surface area (Å²) in [5.74, 6) is 0. The molecule has 1 heterocycles. The van der Waals surface area contributed by atoms with Gasteiger partial charge in [-0.3, -0.25) is 4.90 Å². The summed E-state index contributed by atoms with van der Waals surface area (Å²) in [5, 5.41) is 3.50. The molecule has 0 aliphatic carbocycles. The maximum Gasteiger partial charge on any atom is 0.0838 e. The molecule has 1 aliphatic heterocycles. The number of nitrogens with two attached hydrogens (primary N) is 1. The lowest BCUT2D eigenvalue weighted by atomic mass is 10.0. The summed E-state index contributed by atoms with van der Waals surface area (Å²) in [6, 6.07) is 11.0. The zero-order valence-electron chi connectivity index (χ0n) is 12.0. The minimum absolute atomic E-state index is 0.0370. The number of nitrogens with zero attached hydrogens (tertiary/aromatic N) is 1. The van der Waals surface area contributed by atoms with Crippen molar-refractivity contribution in [3.63, 3.8) is 0 Å². The van der Waals surface area contributed by atoms with Crippen molar-refractivity contribution in [3.8, 4) is 0 Å². The third-order valence-electron chi connectivity index (χ3n) is 4.04. The van der Waals surface area contributed by atoms with Gasteiger partial charge in [-0.05, 0) is 12.0 Å². The van der Waals surface area contributed by atoms with Gasteiger partial charge in [-0.25, -0.2) is 0 Å². The van der Waals surface area contributed by atoms with Gasteiger partial charge in [-0.1, -0.05) is 56.5 Å². The molecular formula is C16H27N3. The fourth-order valence-corrected chi connectivity index (χ4v) is 2.88. The minimum atomic E-state index is 0.0370. The summed E-state index contributed by atoms with van der Waals surface area (Å²) in [5.41, 5.74) is 7.69. The van der Waals surface area contributed by atoms with Crippen LogP contribution in [0.1, 0.15) is 44.3 Å². The Kier molecular flexibility index (Phi) is 5.83. The molecule has 0 radical (unpaired) electrons. The van der Waals surface area contributed by atoms with E-state index in [4.69, 9.17) is 5.73 Å². The van der Waals surface area contributed by atoms with Crippen molar-refractivity contribution in [2.75, 3.05) is 19.6 Å². The molecule has 0 aromatic heterocycles. The lowest BCUT2D eigenvalue weighted by molar-refractivity contribution is 0.100. The molecular weight excluding hydrogens is 234 g/mol. The van der Waals surface area contributed by atoms with E-state index >= 15 is 0 Å².